The molecule has 94 valence electrons. The number of nitrogens with zero attached hydrogens (tertiary/aromatic N) is 4. The lowest BCUT2D eigenvalue weighted by Crippen LogP contribution is -2.51. The van der Waals surface area contributed by atoms with Crippen LogP contribution in [0.25, 0.3) is 0 Å². The second kappa shape index (κ2) is 3.80. The number of rotatable bonds is 1. The van der Waals surface area contributed by atoms with E-state index in [9.17, 15) is 0 Å². The summed E-state index contributed by atoms with van der Waals surface area (Å²) in [6.07, 6.45) is 6.51. The van der Waals surface area contributed by atoms with Crippen LogP contribution in [0.3, 0.4) is 0 Å². The van der Waals surface area contributed by atoms with Crippen LogP contribution in [0.1, 0.15) is 39.7 Å². The first-order chi connectivity index (χ1) is 8.05. The summed E-state index contributed by atoms with van der Waals surface area (Å²) in [7, 11) is 0. The van der Waals surface area contributed by atoms with E-state index in [4.69, 9.17) is 0 Å². The lowest BCUT2D eigenvalue weighted by atomic mass is 9.89. The number of hydrogen-bond acceptors (Lipinski definition) is 3. The summed E-state index contributed by atoms with van der Waals surface area (Å²) in [5.74, 6) is 1.56. The normalized spacial score (nSPS) is 34.2. The minimum Gasteiger partial charge on any atom is -0.316 e. The van der Waals surface area contributed by atoms with Gasteiger partial charge >= 0.3 is 0 Å². The van der Waals surface area contributed by atoms with Gasteiger partial charge in [0.15, 0.2) is 0 Å². The molecular weight excluding hydrogens is 212 g/mol. The van der Waals surface area contributed by atoms with E-state index in [-0.39, 0.29) is 0 Å². The fraction of sp³-hybridized carbons (Fsp3) is 0.846. The van der Waals surface area contributed by atoms with Crippen LogP contribution in [0.15, 0.2) is 12.7 Å². The average Bonchev–Trinajstić information content (AvgIpc) is 2.82. The van der Waals surface area contributed by atoms with Gasteiger partial charge in [-0.25, -0.2) is 0 Å². The maximum absolute atomic E-state index is 3.96. The third-order valence-corrected chi connectivity index (χ3v) is 4.51. The van der Waals surface area contributed by atoms with Gasteiger partial charge in [-0.2, -0.15) is 0 Å². The molecule has 0 radical (unpaired) electrons. The molecule has 0 aromatic carbocycles. The molecule has 4 heteroatoms. The highest BCUT2D eigenvalue weighted by Crippen LogP contribution is 2.46. The Hall–Kier alpha value is -0.900. The van der Waals surface area contributed by atoms with Crippen LogP contribution in [0.2, 0.25) is 0 Å². The Balaban J connectivity index is 1.81. The van der Waals surface area contributed by atoms with E-state index in [0.29, 0.717) is 11.6 Å². The maximum Gasteiger partial charge on any atom is 0.119 e. The Kier molecular flexibility index (Phi) is 2.51. The molecule has 2 bridgehead atoms. The highest BCUT2D eigenvalue weighted by molar-refractivity contribution is 4.99. The molecule has 2 unspecified atom stereocenters. The third-order valence-electron chi connectivity index (χ3n) is 4.51. The molecule has 0 N–H and O–H groups in total. The Morgan fingerprint density at radius 1 is 1.00 bits per heavy atom. The van der Waals surface area contributed by atoms with Gasteiger partial charge < -0.3 is 4.57 Å². The topological polar surface area (TPSA) is 34.0 Å². The van der Waals surface area contributed by atoms with Crippen LogP contribution in [0.4, 0.5) is 0 Å². The zero-order chi connectivity index (χ0) is 12.0. The van der Waals surface area contributed by atoms with Crippen molar-refractivity contribution in [3.05, 3.63) is 12.7 Å². The van der Waals surface area contributed by atoms with Crippen LogP contribution in [-0.2, 0) is 0 Å². The quantitative estimate of drug-likeness (QED) is 0.745. The van der Waals surface area contributed by atoms with Gasteiger partial charge in [0.05, 0.1) is 0 Å². The van der Waals surface area contributed by atoms with Crippen LogP contribution >= 0.6 is 0 Å². The summed E-state index contributed by atoms with van der Waals surface area (Å²) < 4.78 is 2.24. The lowest BCUT2D eigenvalue weighted by Gasteiger charge is -2.45. The van der Waals surface area contributed by atoms with Crippen molar-refractivity contribution < 1.29 is 0 Å². The highest BCUT2D eigenvalue weighted by Gasteiger charge is 2.45. The van der Waals surface area contributed by atoms with Crippen molar-refractivity contribution in [2.24, 2.45) is 11.8 Å². The molecule has 1 aromatic rings. The van der Waals surface area contributed by atoms with Gasteiger partial charge in [-0.05, 0) is 45.4 Å². The molecule has 2 atom stereocenters. The van der Waals surface area contributed by atoms with Gasteiger partial charge in [0, 0.05) is 24.7 Å². The third kappa shape index (κ3) is 1.88. The first-order valence-electron chi connectivity index (χ1n) is 6.65. The van der Waals surface area contributed by atoms with E-state index in [0.717, 1.165) is 11.8 Å². The molecule has 4 nitrogen and oxygen atoms in total. The van der Waals surface area contributed by atoms with Crippen LogP contribution in [-0.4, -0.2) is 38.3 Å². The van der Waals surface area contributed by atoms with Gasteiger partial charge in [-0.1, -0.05) is 0 Å². The number of fused-ring (bicyclic) bond motifs is 2. The maximum atomic E-state index is 3.96. The fourth-order valence-corrected chi connectivity index (χ4v) is 3.59. The highest BCUT2D eigenvalue weighted by atomic mass is 15.3. The zero-order valence-electron chi connectivity index (χ0n) is 11.0. The van der Waals surface area contributed by atoms with Crippen molar-refractivity contribution >= 4 is 0 Å². The van der Waals surface area contributed by atoms with Crippen LogP contribution in [0, 0.1) is 11.8 Å². The molecule has 1 saturated heterocycles. The molecule has 1 aromatic heterocycles. The van der Waals surface area contributed by atoms with Crippen molar-refractivity contribution in [2.75, 3.05) is 13.1 Å². The van der Waals surface area contributed by atoms with Crippen molar-refractivity contribution in [3.8, 4) is 0 Å². The van der Waals surface area contributed by atoms with E-state index < -0.39 is 0 Å². The minimum absolute atomic E-state index is 0.305. The summed E-state index contributed by atoms with van der Waals surface area (Å²) in [5.41, 5.74) is 0.305. The molecule has 17 heavy (non-hydrogen) atoms. The van der Waals surface area contributed by atoms with Crippen molar-refractivity contribution in [1.29, 1.82) is 0 Å². The first kappa shape index (κ1) is 11.2. The monoisotopic (exact) mass is 234 g/mol. The molecular formula is C13H22N4. The Bertz CT molecular complexity index is 365. The van der Waals surface area contributed by atoms with E-state index in [2.05, 4.69) is 40.4 Å². The van der Waals surface area contributed by atoms with Crippen LogP contribution < -0.4 is 0 Å². The summed E-state index contributed by atoms with van der Waals surface area (Å²) in [6, 6.07) is 0.642. The SMILES string of the molecule is CC(C)(C)N1CC2CCC(C1)C2n1cnnc1. The fourth-order valence-electron chi connectivity index (χ4n) is 3.59. The van der Waals surface area contributed by atoms with Crippen LogP contribution in [0.5, 0.6) is 0 Å². The molecule has 1 aliphatic heterocycles. The summed E-state index contributed by atoms with van der Waals surface area (Å²) in [6.45, 7) is 9.42. The lowest BCUT2D eigenvalue weighted by molar-refractivity contribution is 0.0426. The van der Waals surface area contributed by atoms with E-state index in [1.54, 1.807) is 0 Å². The van der Waals surface area contributed by atoms with Gasteiger partial charge in [0.2, 0.25) is 0 Å². The van der Waals surface area contributed by atoms with Gasteiger partial charge in [0.25, 0.3) is 0 Å². The smallest absolute Gasteiger partial charge is 0.119 e. The molecule has 2 heterocycles. The number of aromatic nitrogens is 3. The number of hydrogen-bond donors (Lipinski definition) is 0. The minimum atomic E-state index is 0.305. The van der Waals surface area contributed by atoms with Gasteiger partial charge in [0.1, 0.15) is 12.7 Å². The largest absolute Gasteiger partial charge is 0.316 e. The van der Waals surface area contributed by atoms with Gasteiger partial charge in [-0.3, -0.25) is 4.90 Å². The van der Waals surface area contributed by atoms with E-state index >= 15 is 0 Å². The predicted molar refractivity (Wildman–Crippen MR) is 66.6 cm³/mol. The first-order valence-corrected chi connectivity index (χ1v) is 6.65. The van der Waals surface area contributed by atoms with E-state index in [1.165, 1.54) is 25.9 Å². The molecule has 2 fully saturated rings. The Labute approximate surface area is 103 Å². The molecule has 3 rings (SSSR count). The van der Waals surface area contributed by atoms with Gasteiger partial charge in [-0.15, -0.1) is 10.2 Å². The Morgan fingerprint density at radius 3 is 2.00 bits per heavy atom. The molecule has 0 amide bonds. The summed E-state index contributed by atoms with van der Waals surface area (Å²) in [5, 5.41) is 7.92. The second-order valence-electron chi connectivity index (χ2n) is 6.57. The van der Waals surface area contributed by atoms with Crippen molar-refractivity contribution in [1.82, 2.24) is 19.7 Å². The second-order valence-corrected chi connectivity index (χ2v) is 6.57. The zero-order valence-corrected chi connectivity index (χ0v) is 11.0. The van der Waals surface area contributed by atoms with Crippen molar-refractivity contribution in [3.63, 3.8) is 0 Å². The van der Waals surface area contributed by atoms with Crippen molar-refractivity contribution in [2.45, 2.75) is 45.2 Å². The average molecular weight is 234 g/mol. The predicted octanol–water partition coefficient (Wildman–Crippen LogP) is 1.96. The number of piperidine rings is 1. The number of likely N-dealkylation sites (tertiary alicyclic amines) is 1. The molecule has 1 saturated carbocycles. The standard InChI is InChI=1S/C13H22N4/c1-13(2,3)17-6-10-4-5-11(7-17)12(10)16-8-14-15-9-16/h8-12H,4-7H2,1-3H3. The Morgan fingerprint density at radius 2 is 1.53 bits per heavy atom. The summed E-state index contributed by atoms with van der Waals surface area (Å²) >= 11 is 0. The molecule has 2 aliphatic rings. The molecule has 1 aliphatic carbocycles. The molecule has 0 spiro atoms. The van der Waals surface area contributed by atoms with E-state index in [1.807, 2.05) is 12.7 Å². The summed E-state index contributed by atoms with van der Waals surface area (Å²) in [4.78, 5) is 2.65.